The molecule has 1 aliphatic heterocycles. The van der Waals surface area contributed by atoms with Gasteiger partial charge in [0.25, 0.3) is 5.91 Å². The Balaban J connectivity index is 1.36. The van der Waals surface area contributed by atoms with Crippen LogP contribution in [0, 0.1) is 6.92 Å². The summed E-state index contributed by atoms with van der Waals surface area (Å²) < 4.78 is 7.67. The molecule has 5 aromatic rings. The number of nitrogens with one attached hydrogen (secondary N) is 1. The maximum absolute atomic E-state index is 14.9. The molecule has 2 amide bonds. The van der Waals surface area contributed by atoms with Crippen LogP contribution in [0.15, 0.2) is 121 Å². The summed E-state index contributed by atoms with van der Waals surface area (Å²) in [6.45, 7) is 10.9. The summed E-state index contributed by atoms with van der Waals surface area (Å²) in [7, 11) is 0. The molecule has 6 rings (SSSR count). The number of piperazine rings is 1. The highest BCUT2D eigenvalue weighted by atomic mass is 16.6. The van der Waals surface area contributed by atoms with E-state index in [1.807, 2.05) is 88.4 Å². The van der Waals surface area contributed by atoms with Gasteiger partial charge in [-0.1, -0.05) is 109 Å². The van der Waals surface area contributed by atoms with Crippen molar-refractivity contribution in [2.45, 2.75) is 58.8 Å². The van der Waals surface area contributed by atoms with Gasteiger partial charge in [0.2, 0.25) is 0 Å². The molecule has 0 bridgehead atoms. The van der Waals surface area contributed by atoms with Crippen molar-refractivity contribution < 1.29 is 14.3 Å². The van der Waals surface area contributed by atoms with Gasteiger partial charge in [-0.15, -0.1) is 0 Å². The van der Waals surface area contributed by atoms with E-state index >= 15 is 0 Å². The lowest BCUT2D eigenvalue weighted by Gasteiger charge is -2.42. The van der Waals surface area contributed by atoms with Crippen molar-refractivity contribution in [3.63, 3.8) is 0 Å². The number of benzene rings is 4. The molecule has 1 fully saturated rings. The lowest BCUT2D eigenvalue weighted by Crippen LogP contribution is -2.55. The third-order valence-electron chi connectivity index (χ3n) is 8.91. The minimum absolute atomic E-state index is 0.00459. The Hall–Kier alpha value is -5.14. The number of aromatic nitrogens is 1. The van der Waals surface area contributed by atoms with Gasteiger partial charge in [-0.2, -0.15) is 0 Å². The summed E-state index contributed by atoms with van der Waals surface area (Å²) in [4.78, 5) is 32.1. The van der Waals surface area contributed by atoms with E-state index in [0.29, 0.717) is 12.1 Å². The number of aryl methyl sites for hydroxylation is 1. The molecule has 0 unspecified atom stereocenters. The number of amides is 2. The third-order valence-corrected chi connectivity index (χ3v) is 8.91. The molecule has 1 saturated heterocycles. The molecule has 7 nitrogen and oxygen atoms in total. The van der Waals surface area contributed by atoms with Crippen LogP contribution in [0.4, 0.5) is 4.79 Å². The molecule has 2 heterocycles. The minimum Gasteiger partial charge on any atom is -0.444 e. The summed E-state index contributed by atoms with van der Waals surface area (Å²) in [5.74, 6) is 0.0327. The Labute approximate surface area is 290 Å². The Bertz CT molecular complexity index is 1860. The van der Waals surface area contributed by atoms with E-state index in [1.54, 1.807) is 0 Å². The van der Waals surface area contributed by atoms with Crippen LogP contribution in [-0.4, -0.2) is 57.6 Å². The average molecular weight is 655 g/mol. The Morgan fingerprint density at radius 1 is 0.796 bits per heavy atom. The first kappa shape index (κ1) is 33.7. The second-order valence-corrected chi connectivity index (χ2v) is 13.8. The number of ether oxygens (including phenoxy) is 1. The number of para-hydroxylation sites is 1. The van der Waals surface area contributed by atoms with E-state index in [1.165, 1.54) is 11.1 Å². The summed E-state index contributed by atoms with van der Waals surface area (Å²) in [5.41, 5.74) is 7.13. The van der Waals surface area contributed by atoms with E-state index in [4.69, 9.17) is 4.74 Å². The zero-order valence-electron chi connectivity index (χ0n) is 28.9. The van der Waals surface area contributed by atoms with E-state index in [-0.39, 0.29) is 18.5 Å². The predicted octanol–water partition coefficient (Wildman–Crippen LogP) is 8.05. The van der Waals surface area contributed by atoms with Crippen LogP contribution in [0.3, 0.4) is 0 Å². The highest BCUT2D eigenvalue weighted by molar-refractivity contribution is 6.01. The summed E-state index contributed by atoms with van der Waals surface area (Å²) in [6.07, 6.45) is 0.304. The zero-order chi connectivity index (χ0) is 34.4. The van der Waals surface area contributed by atoms with Crippen LogP contribution < -0.4 is 5.32 Å². The van der Waals surface area contributed by atoms with Gasteiger partial charge >= 0.3 is 6.09 Å². The van der Waals surface area contributed by atoms with Gasteiger partial charge in [0.05, 0.1) is 16.9 Å². The van der Waals surface area contributed by atoms with Gasteiger partial charge in [0.15, 0.2) is 0 Å². The van der Waals surface area contributed by atoms with Gasteiger partial charge in [-0.3, -0.25) is 9.69 Å². The molecule has 49 heavy (non-hydrogen) atoms. The molecule has 252 valence electrons. The standard InChI is InChI=1S/C42H46N4O3/c1-31-26-37(40(47)45-25-24-44(29-33-18-10-6-11-19-33)30-36(45)27-32-16-8-5-9-17-32)39(34-20-12-7-13-21-34)46(31)38-23-15-14-22-35(38)28-43-41(48)49-42(2,3)4/h5-23,26,36H,24-25,27-30H2,1-4H3,(H,43,48)/t36-/m1/s1. The molecule has 0 saturated carbocycles. The predicted molar refractivity (Wildman–Crippen MR) is 196 cm³/mol. The maximum Gasteiger partial charge on any atom is 0.407 e. The van der Waals surface area contributed by atoms with Crippen molar-refractivity contribution >= 4 is 12.0 Å². The first-order valence-electron chi connectivity index (χ1n) is 17.1. The number of hydrogen-bond donors (Lipinski definition) is 1. The molecular formula is C42H46N4O3. The lowest BCUT2D eigenvalue weighted by atomic mass is 9.99. The maximum atomic E-state index is 14.9. The third kappa shape index (κ3) is 8.30. The fourth-order valence-electron chi connectivity index (χ4n) is 6.74. The number of nitrogens with zero attached hydrogens (tertiary/aromatic N) is 3. The Kier molecular flexibility index (Phi) is 10.3. The van der Waals surface area contributed by atoms with Crippen LogP contribution in [0.2, 0.25) is 0 Å². The minimum atomic E-state index is -0.595. The molecule has 1 aromatic heterocycles. The second-order valence-electron chi connectivity index (χ2n) is 13.8. The topological polar surface area (TPSA) is 66.8 Å². The summed E-state index contributed by atoms with van der Waals surface area (Å²) in [5, 5.41) is 2.92. The fraction of sp³-hybridized carbons (Fsp3) is 0.286. The SMILES string of the molecule is Cc1cc(C(=O)N2CCN(Cc3ccccc3)C[C@H]2Cc2ccccc2)c(-c2ccccc2)n1-c1ccccc1CNC(=O)OC(C)(C)C. The molecule has 1 atom stereocenters. The lowest BCUT2D eigenvalue weighted by molar-refractivity contribution is 0.0439. The Morgan fingerprint density at radius 2 is 1.41 bits per heavy atom. The van der Waals surface area contributed by atoms with Crippen molar-refractivity contribution in [3.05, 3.63) is 149 Å². The van der Waals surface area contributed by atoms with Crippen LogP contribution in [-0.2, 0) is 24.2 Å². The molecule has 0 spiro atoms. The van der Waals surface area contributed by atoms with Crippen LogP contribution in [0.5, 0.6) is 0 Å². The average Bonchev–Trinajstić information content (AvgIpc) is 3.44. The zero-order valence-corrected chi connectivity index (χ0v) is 28.9. The van der Waals surface area contributed by atoms with E-state index in [0.717, 1.165) is 54.3 Å². The number of rotatable bonds is 9. The first-order chi connectivity index (χ1) is 23.7. The molecule has 4 aromatic carbocycles. The van der Waals surface area contributed by atoms with Crippen molar-refractivity contribution in [1.29, 1.82) is 0 Å². The number of carbonyl (C=O) groups excluding carboxylic acids is 2. The van der Waals surface area contributed by atoms with Crippen LogP contribution in [0.1, 0.15) is 53.5 Å². The molecule has 7 heteroatoms. The van der Waals surface area contributed by atoms with Gasteiger partial charge in [-0.05, 0) is 68.5 Å². The van der Waals surface area contributed by atoms with E-state index in [2.05, 4.69) is 80.3 Å². The second kappa shape index (κ2) is 15.0. The smallest absolute Gasteiger partial charge is 0.407 e. The van der Waals surface area contributed by atoms with E-state index < -0.39 is 11.7 Å². The molecule has 0 aliphatic carbocycles. The normalized spacial score (nSPS) is 15.2. The molecular weight excluding hydrogens is 608 g/mol. The van der Waals surface area contributed by atoms with Crippen molar-refractivity contribution in [2.75, 3.05) is 19.6 Å². The van der Waals surface area contributed by atoms with Crippen molar-refractivity contribution in [2.24, 2.45) is 0 Å². The van der Waals surface area contributed by atoms with Crippen molar-refractivity contribution in [1.82, 2.24) is 19.7 Å². The highest BCUT2D eigenvalue weighted by Gasteiger charge is 2.34. The summed E-state index contributed by atoms with van der Waals surface area (Å²) >= 11 is 0. The number of alkyl carbamates (subject to hydrolysis) is 1. The fourth-order valence-corrected chi connectivity index (χ4v) is 6.74. The van der Waals surface area contributed by atoms with Gasteiger partial charge < -0.3 is 19.5 Å². The molecule has 1 N–H and O–H groups in total. The summed E-state index contributed by atoms with van der Waals surface area (Å²) in [6, 6.07) is 41.2. The van der Waals surface area contributed by atoms with Gasteiger partial charge in [0.1, 0.15) is 5.60 Å². The number of carbonyl (C=O) groups is 2. The quantitative estimate of drug-likeness (QED) is 0.175. The highest BCUT2D eigenvalue weighted by Crippen LogP contribution is 2.34. The van der Waals surface area contributed by atoms with Gasteiger partial charge in [-0.25, -0.2) is 4.79 Å². The Morgan fingerprint density at radius 3 is 2.08 bits per heavy atom. The van der Waals surface area contributed by atoms with E-state index in [9.17, 15) is 9.59 Å². The largest absolute Gasteiger partial charge is 0.444 e. The molecule has 1 aliphatic rings. The molecule has 0 radical (unpaired) electrons. The monoisotopic (exact) mass is 654 g/mol. The van der Waals surface area contributed by atoms with Crippen LogP contribution in [0.25, 0.3) is 16.9 Å². The van der Waals surface area contributed by atoms with Crippen molar-refractivity contribution in [3.8, 4) is 16.9 Å². The van der Waals surface area contributed by atoms with Crippen LogP contribution >= 0.6 is 0 Å². The number of hydrogen-bond acceptors (Lipinski definition) is 4. The van der Waals surface area contributed by atoms with Gasteiger partial charge in [0, 0.05) is 44.5 Å². The first-order valence-corrected chi connectivity index (χ1v) is 17.1.